The Morgan fingerprint density at radius 3 is 1.52 bits per heavy atom. The van der Waals surface area contributed by atoms with Crippen LogP contribution in [-0.2, 0) is 9.47 Å². The average Bonchev–Trinajstić information content (AvgIpc) is 2.82. The van der Waals surface area contributed by atoms with Crippen molar-refractivity contribution >= 4 is 30.8 Å². The van der Waals surface area contributed by atoms with Gasteiger partial charge >= 0.3 is 0 Å². The summed E-state index contributed by atoms with van der Waals surface area (Å²) in [5, 5.41) is 4.67. The Bertz CT molecular complexity index is 1080. The van der Waals surface area contributed by atoms with E-state index in [0.29, 0.717) is 0 Å². The van der Waals surface area contributed by atoms with Crippen LogP contribution in [0.4, 0.5) is 0 Å². The first-order chi connectivity index (χ1) is 15.3. The average molecular weight is 434 g/mol. The third-order valence-electron chi connectivity index (χ3n) is 5.46. The van der Waals surface area contributed by atoms with Gasteiger partial charge in [0.25, 0.3) is 0 Å². The van der Waals surface area contributed by atoms with E-state index in [-0.39, 0.29) is 19.5 Å². The molecule has 160 valence electrons. The van der Waals surface area contributed by atoms with Crippen molar-refractivity contribution in [3.8, 4) is 11.5 Å². The predicted molar refractivity (Wildman–Crippen MR) is 129 cm³/mol. The van der Waals surface area contributed by atoms with Gasteiger partial charge in [-0.05, 0) is 39.8 Å². The van der Waals surface area contributed by atoms with Crippen LogP contribution in [0, 0.1) is 0 Å². The van der Waals surface area contributed by atoms with Gasteiger partial charge in [-0.1, -0.05) is 60.7 Å². The lowest BCUT2D eigenvalue weighted by Gasteiger charge is -2.25. The number of benzene rings is 4. The van der Waals surface area contributed by atoms with Crippen LogP contribution in [0.15, 0.2) is 72.8 Å². The van der Waals surface area contributed by atoms with Crippen LogP contribution in [-0.4, -0.2) is 34.0 Å². The van der Waals surface area contributed by atoms with Crippen molar-refractivity contribution in [1.82, 2.24) is 0 Å². The minimum Gasteiger partial charge on any atom is -0.467 e. The molecule has 1 unspecified atom stereocenters. The van der Waals surface area contributed by atoms with Gasteiger partial charge in [0, 0.05) is 31.3 Å². The largest absolute Gasteiger partial charge is 0.467 e. The highest BCUT2D eigenvalue weighted by molar-refractivity contribution is 7.16. The molecule has 0 fully saturated rings. The van der Waals surface area contributed by atoms with E-state index >= 15 is 0 Å². The number of fused-ring (bicyclic) bond motifs is 2. The SMILES string of the molecule is COCOc1ccc2ccccc2c1C(CP)c1c(OCOC)ccc2ccccc12. The van der Waals surface area contributed by atoms with Gasteiger partial charge in [-0.25, -0.2) is 0 Å². The van der Waals surface area contributed by atoms with Crippen molar-refractivity contribution in [2.75, 3.05) is 34.0 Å². The molecule has 0 amide bonds. The van der Waals surface area contributed by atoms with Gasteiger partial charge in [0.1, 0.15) is 11.5 Å². The molecule has 0 aliphatic heterocycles. The zero-order chi connectivity index (χ0) is 21.6. The summed E-state index contributed by atoms with van der Waals surface area (Å²) in [5.41, 5.74) is 2.26. The summed E-state index contributed by atoms with van der Waals surface area (Å²) in [4.78, 5) is 0. The summed E-state index contributed by atoms with van der Waals surface area (Å²) in [6.07, 6.45) is 0.800. The van der Waals surface area contributed by atoms with E-state index in [1.54, 1.807) is 14.2 Å². The molecular weight excluding hydrogens is 407 g/mol. The Morgan fingerprint density at radius 1 is 0.645 bits per heavy atom. The molecule has 4 nitrogen and oxygen atoms in total. The summed E-state index contributed by atoms with van der Waals surface area (Å²) in [5.74, 6) is 1.66. The van der Waals surface area contributed by atoms with E-state index in [1.807, 2.05) is 12.1 Å². The van der Waals surface area contributed by atoms with Gasteiger partial charge in [-0.2, -0.15) is 0 Å². The monoisotopic (exact) mass is 434 g/mol. The van der Waals surface area contributed by atoms with Crippen LogP contribution in [0.5, 0.6) is 11.5 Å². The number of ether oxygens (including phenoxy) is 4. The number of rotatable bonds is 9. The Hall–Kier alpha value is -2.65. The first-order valence-electron chi connectivity index (χ1n) is 10.2. The van der Waals surface area contributed by atoms with Crippen LogP contribution in [0.2, 0.25) is 0 Å². The van der Waals surface area contributed by atoms with Crippen molar-refractivity contribution in [3.63, 3.8) is 0 Å². The molecule has 1 atom stereocenters. The molecule has 0 bridgehead atoms. The van der Waals surface area contributed by atoms with Gasteiger partial charge in [-0.3, -0.25) is 0 Å². The maximum atomic E-state index is 6.03. The Morgan fingerprint density at radius 2 is 1.10 bits per heavy atom. The molecule has 0 radical (unpaired) electrons. The smallest absolute Gasteiger partial charge is 0.188 e. The zero-order valence-electron chi connectivity index (χ0n) is 17.8. The summed E-state index contributed by atoms with van der Waals surface area (Å²) < 4.78 is 22.5. The topological polar surface area (TPSA) is 36.9 Å². The molecule has 0 aliphatic carbocycles. The van der Waals surface area contributed by atoms with Crippen molar-refractivity contribution in [3.05, 3.63) is 83.9 Å². The van der Waals surface area contributed by atoms with Crippen LogP contribution in [0.3, 0.4) is 0 Å². The summed E-state index contributed by atoms with van der Waals surface area (Å²) in [6, 6.07) is 25.1. The fourth-order valence-electron chi connectivity index (χ4n) is 4.15. The van der Waals surface area contributed by atoms with Gasteiger partial charge in [0.05, 0.1) is 0 Å². The molecule has 4 aromatic rings. The molecular formula is C26H27O4P. The first-order valence-corrected chi connectivity index (χ1v) is 11.1. The summed E-state index contributed by atoms with van der Waals surface area (Å²) in [6.45, 7) is 0.384. The molecule has 0 saturated carbocycles. The van der Waals surface area contributed by atoms with E-state index in [4.69, 9.17) is 18.9 Å². The second-order valence-electron chi connectivity index (χ2n) is 7.29. The molecule has 31 heavy (non-hydrogen) atoms. The van der Waals surface area contributed by atoms with Gasteiger partial charge < -0.3 is 18.9 Å². The molecule has 0 heterocycles. The van der Waals surface area contributed by atoms with Crippen molar-refractivity contribution in [1.29, 1.82) is 0 Å². The van der Waals surface area contributed by atoms with Crippen LogP contribution in [0.25, 0.3) is 21.5 Å². The quantitative estimate of drug-likeness (QED) is 0.240. The maximum absolute atomic E-state index is 6.03. The van der Waals surface area contributed by atoms with E-state index < -0.39 is 0 Å². The highest BCUT2D eigenvalue weighted by Gasteiger charge is 2.25. The molecule has 5 heteroatoms. The fraction of sp³-hybridized carbons (Fsp3) is 0.231. The number of methoxy groups -OCH3 is 2. The van der Waals surface area contributed by atoms with Crippen molar-refractivity contribution in [2.45, 2.75) is 5.92 Å². The van der Waals surface area contributed by atoms with E-state index in [1.165, 1.54) is 10.8 Å². The van der Waals surface area contributed by atoms with Crippen LogP contribution < -0.4 is 9.47 Å². The lowest BCUT2D eigenvalue weighted by Crippen LogP contribution is -2.11. The highest BCUT2D eigenvalue weighted by atomic mass is 31.0. The molecule has 0 spiro atoms. The third-order valence-corrected chi connectivity index (χ3v) is 5.93. The molecule has 4 rings (SSSR count). The summed E-state index contributed by atoms with van der Waals surface area (Å²) >= 11 is 0. The normalized spacial score (nSPS) is 11.4. The summed E-state index contributed by atoms with van der Waals surface area (Å²) in [7, 11) is 6.18. The first kappa shape index (κ1) is 21.6. The zero-order valence-corrected chi connectivity index (χ0v) is 19.0. The minimum atomic E-state index is 0.0286. The van der Waals surface area contributed by atoms with Crippen LogP contribution in [0.1, 0.15) is 17.0 Å². The highest BCUT2D eigenvalue weighted by Crippen LogP contribution is 2.44. The minimum absolute atomic E-state index is 0.0286. The number of hydrogen-bond donors (Lipinski definition) is 0. The van der Waals surface area contributed by atoms with Crippen molar-refractivity contribution in [2.24, 2.45) is 0 Å². The lowest BCUT2D eigenvalue weighted by atomic mass is 9.85. The predicted octanol–water partition coefficient (Wildman–Crippen LogP) is 5.97. The van der Waals surface area contributed by atoms with Crippen LogP contribution >= 0.6 is 9.24 Å². The van der Waals surface area contributed by atoms with Gasteiger partial charge in [0.2, 0.25) is 0 Å². The number of hydrogen-bond acceptors (Lipinski definition) is 4. The molecule has 4 aromatic carbocycles. The van der Waals surface area contributed by atoms with Crippen molar-refractivity contribution < 1.29 is 18.9 Å². The lowest BCUT2D eigenvalue weighted by molar-refractivity contribution is 0.0496. The van der Waals surface area contributed by atoms with E-state index in [2.05, 4.69) is 69.9 Å². The van der Waals surface area contributed by atoms with Gasteiger partial charge in [0.15, 0.2) is 13.6 Å². The Kier molecular flexibility index (Phi) is 7.03. The molecule has 0 saturated heterocycles. The third kappa shape index (κ3) is 4.38. The Labute approximate surface area is 185 Å². The van der Waals surface area contributed by atoms with Gasteiger partial charge in [-0.15, -0.1) is 9.24 Å². The second-order valence-corrected chi connectivity index (χ2v) is 7.76. The molecule has 0 aliphatic rings. The fourth-order valence-corrected chi connectivity index (χ4v) is 4.62. The second kappa shape index (κ2) is 10.1. The van der Waals surface area contributed by atoms with E-state index in [0.717, 1.165) is 39.6 Å². The molecule has 0 aromatic heterocycles. The standard InChI is InChI=1S/C26H27O4P/c1-27-16-29-23-13-11-18-7-3-5-9-20(18)25(23)22(15-31)26-21-10-6-4-8-19(21)12-14-24(26)30-17-28-2/h3-14,22H,15-17,31H2,1-2H3. The Balaban J connectivity index is 2.00. The molecule has 0 N–H and O–H groups in total. The van der Waals surface area contributed by atoms with E-state index in [9.17, 15) is 0 Å². The maximum Gasteiger partial charge on any atom is 0.188 e.